The molecule has 1 fully saturated rings. The molecule has 0 saturated carbocycles. The first kappa shape index (κ1) is 17.2. The third-order valence-electron chi connectivity index (χ3n) is 4.42. The molecule has 1 aromatic heterocycles. The van der Waals surface area contributed by atoms with Gasteiger partial charge in [-0.15, -0.1) is 0 Å². The van der Waals surface area contributed by atoms with Crippen molar-refractivity contribution in [2.24, 2.45) is 0 Å². The van der Waals surface area contributed by atoms with Crippen molar-refractivity contribution in [1.29, 1.82) is 0 Å². The molecule has 6 heteroatoms. The molecule has 0 bridgehead atoms. The summed E-state index contributed by atoms with van der Waals surface area (Å²) in [6.07, 6.45) is 6.81. The highest BCUT2D eigenvalue weighted by molar-refractivity contribution is 5.89. The van der Waals surface area contributed by atoms with Crippen molar-refractivity contribution >= 4 is 11.7 Å². The van der Waals surface area contributed by atoms with Gasteiger partial charge in [0.1, 0.15) is 11.5 Å². The van der Waals surface area contributed by atoms with Crippen LogP contribution in [0.4, 0.5) is 10.5 Å². The monoisotopic (exact) mass is 340 g/mol. The van der Waals surface area contributed by atoms with E-state index in [0.29, 0.717) is 24.1 Å². The SMILES string of the molecule is CN1CCC[C@H]1CCNC(=O)Nc1ccc(Oc2cccnc2)cc1. The first-order chi connectivity index (χ1) is 12.2. The number of nitrogens with one attached hydrogen (secondary N) is 2. The minimum Gasteiger partial charge on any atom is -0.456 e. The molecule has 0 unspecified atom stereocenters. The second kappa shape index (κ2) is 8.48. The molecule has 1 aromatic carbocycles. The Bertz CT molecular complexity index is 676. The first-order valence-electron chi connectivity index (χ1n) is 8.64. The van der Waals surface area contributed by atoms with Crippen LogP contribution in [0.5, 0.6) is 11.5 Å². The number of benzene rings is 1. The van der Waals surface area contributed by atoms with E-state index in [-0.39, 0.29) is 6.03 Å². The molecule has 1 aliphatic heterocycles. The zero-order chi connectivity index (χ0) is 17.5. The Morgan fingerprint density at radius 3 is 2.80 bits per heavy atom. The van der Waals surface area contributed by atoms with Crippen LogP contribution < -0.4 is 15.4 Å². The molecule has 1 aliphatic rings. The summed E-state index contributed by atoms with van der Waals surface area (Å²) in [5.74, 6) is 1.38. The van der Waals surface area contributed by atoms with Gasteiger partial charge in [-0.05, 0) is 69.3 Å². The van der Waals surface area contributed by atoms with E-state index in [4.69, 9.17) is 4.74 Å². The number of pyridine rings is 1. The maximum atomic E-state index is 12.0. The topological polar surface area (TPSA) is 66.5 Å². The van der Waals surface area contributed by atoms with Crippen LogP contribution in [0.2, 0.25) is 0 Å². The molecule has 132 valence electrons. The summed E-state index contributed by atoms with van der Waals surface area (Å²) in [4.78, 5) is 18.3. The third kappa shape index (κ3) is 5.19. The van der Waals surface area contributed by atoms with E-state index < -0.39 is 0 Å². The Morgan fingerprint density at radius 2 is 2.12 bits per heavy atom. The van der Waals surface area contributed by atoms with Crippen molar-refractivity contribution in [2.75, 3.05) is 25.5 Å². The molecule has 2 amide bonds. The minimum atomic E-state index is -0.179. The maximum Gasteiger partial charge on any atom is 0.319 e. The van der Waals surface area contributed by atoms with E-state index in [1.807, 2.05) is 36.4 Å². The fraction of sp³-hybridized carbons (Fsp3) is 0.368. The van der Waals surface area contributed by atoms with Gasteiger partial charge in [0.25, 0.3) is 0 Å². The zero-order valence-corrected chi connectivity index (χ0v) is 14.4. The Kier molecular flexibility index (Phi) is 5.85. The molecule has 1 atom stereocenters. The van der Waals surface area contributed by atoms with Crippen molar-refractivity contribution in [2.45, 2.75) is 25.3 Å². The third-order valence-corrected chi connectivity index (χ3v) is 4.42. The summed E-state index contributed by atoms with van der Waals surface area (Å²) in [6.45, 7) is 1.84. The number of carbonyl (C=O) groups is 1. The van der Waals surface area contributed by atoms with E-state index >= 15 is 0 Å². The number of hydrogen-bond donors (Lipinski definition) is 2. The van der Waals surface area contributed by atoms with Crippen LogP contribution in [0.1, 0.15) is 19.3 Å². The van der Waals surface area contributed by atoms with Crippen LogP contribution in [0.15, 0.2) is 48.8 Å². The fourth-order valence-electron chi connectivity index (χ4n) is 3.02. The number of urea groups is 1. The highest BCUT2D eigenvalue weighted by atomic mass is 16.5. The molecule has 0 radical (unpaired) electrons. The number of hydrogen-bond acceptors (Lipinski definition) is 4. The Morgan fingerprint density at radius 1 is 1.28 bits per heavy atom. The summed E-state index contributed by atoms with van der Waals surface area (Å²) in [5.41, 5.74) is 0.731. The van der Waals surface area contributed by atoms with Gasteiger partial charge in [-0.1, -0.05) is 0 Å². The predicted octanol–water partition coefficient (Wildman–Crippen LogP) is 3.48. The van der Waals surface area contributed by atoms with Gasteiger partial charge in [0.15, 0.2) is 0 Å². The van der Waals surface area contributed by atoms with Crippen LogP contribution in [-0.2, 0) is 0 Å². The average molecular weight is 340 g/mol. The number of aromatic nitrogens is 1. The van der Waals surface area contributed by atoms with Gasteiger partial charge in [0, 0.05) is 24.5 Å². The van der Waals surface area contributed by atoms with Gasteiger partial charge >= 0.3 is 6.03 Å². The van der Waals surface area contributed by atoms with Crippen LogP contribution in [0.25, 0.3) is 0 Å². The van der Waals surface area contributed by atoms with Gasteiger partial charge in [-0.25, -0.2) is 4.79 Å². The lowest BCUT2D eigenvalue weighted by molar-refractivity contribution is 0.248. The van der Waals surface area contributed by atoms with Crippen LogP contribution in [-0.4, -0.2) is 42.1 Å². The summed E-state index contributed by atoms with van der Waals surface area (Å²) >= 11 is 0. The highest BCUT2D eigenvalue weighted by Gasteiger charge is 2.20. The molecule has 1 saturated heterocycles. The second-order valence-electron chi connectivity index (χ2n) is 6.26. The van der Waals surface area contributed by atoms with E-state index in [2.05, 4.69) is 27.6 Å². The summed E-state index contributed by atoms with van der Waals surface area (Å²) in [6, 6.07) is 11.3. The van der Waals surface area contributed by atoms with Crippen LogP contribution in [0.3, 0.4) is 0 Å². The van der Waals surface area contributed by atoms with E-state index in [1.54, 1.807) is 12.4 Å². The first-order valence-corrected chi connectivity index (χ1v) is 8.64. The molecule has 2 heterocycles. The molecule has 2 N–H and O–H groups in total. The van der Waals surface area contributed by atoms with Crippen molar-refractivity contribution in [3.63, 3.8) is 0 Å². The summed E-state index contributed by atoms with van der Waals surface area (Å²) < 4.78 is 5.67. The predicted molar refractivity (Wildman–Crippen MR) is 98.0 cm³/mol. The molecular formula is C19H24N4O2. The van der Waals surface area contributed by atoms with Gasteiger partial charge in [0.05, 0.1) is 6.20 Å². The highest BCUT2D eigenvalue weighted by Crippen LogP contribution is 2.22. The molecule has 0 spiro atoms. The number of carbonyl (C=O) groups excluding carboxylic acids is 1. The lowest BCUT2D eigenvalue weighted by Gasteiger charge is -2.19. The summed E-state index contributed by atoms with van der Waals surface area (Å²) in [7, 11) is 2.15. The number of rotatable bonds is 6. The van der Waals surface area contributed by atoms with E-state index in [1.165, 1.54) is 12.8 Å². The lowest BCUT2D eigenvalue weighted by atomic mass is 10.1. The molecule has 3 rings (SSSR count). The van der Waals surface area contributed by atoms with Crippen molar-refractivity contribution < 1.29 is 9.53 Å². The van der Waals surface area contributed by atoms with E-state index in [0.717, 1.165) is 18.7 Å². The molecule has 25 heavy (non-hydrogen) atoms. The molecule has 0 aliphatic carbocycles. The largest absolute Gasteiger partial charge is 0.456 e. The van der Waals surface area contributed by atoms with Crippen molar-refractivity contribution in [3.8, 4) is 11.5 Å². The Labute approximate surface area is 148 Å². The van der Waals surface area contributed by atoms with Gasteiger partial charge in [-0.3, -0.25) is 4.98 Å². The number of ether oxygens (including phenoxy) is 1. The van der Waals surface area contributed by atoms with Gasteiger partial charge in [0.2, 0.25) is 0 Å². The second-order valence-corrected chi connectivity index (χ2v) is 6.26. The van der Waals surface area contributed by atoms with Gasteiger partial charge in [-0.2, -0.15) is 0 Å². The summed E-state index contributed by atoms with van der Waals surface area (Å²) in [5, 5.41) is 5.75. The molecular weight excluding hydrogens is 316 g/mol. The minimum absolute atomic E-state index is 0.179. The molecule has 6 nitrogen and oxygen atoms in total. The van der Waals surface area contributed by atoms with Crippen LogP contribution >= 0.6 is 0 Å². The van der Waals surface area contributed by atoms with Crippen molar-refractivity contribution in [1.82, 2.24) is 15.2 Å². The Balaban J connectivity index is 1.42. The fourth-order valence-corrected chi connectivity index (χ4v) is 3.02. The maximum absolute atomic E-state index is 12.0. The van der Waals surface area contributed by atoms with Crippen molar-refractivity contribution in [3.05, 3.63) is 48.8 Å². The number of nitrogens with zero attached hydrogens (tertiary/aromatic N) is 2. The Hall–Kier alpha value is -2.60. The zero-order valence-electron chi connectivity index (χ0n) is 14.4. The van der Waals surface area contributed by atoms with Crippen LogP contribution in [0, 0.1) is 0 Å². The van der Waals surface area contributed by atoms with E-state index in [9.17, 15) is 4.79 Å². The number of likely N-dealkylation sites (tertiary alicyclic amines) is 1. The molecule has 2 aromatic rings. The standard InChI is InChI=1S/C19H24N4O2/c1-23-13-3-4-16(23)10-12-21-19(24)22-15-6-8-17(9-7-15)25-18-5-2-11-20-14-18/h2,5-9,11,14,16H,3-4,10,12-13H2,1H3,(H2,21,22,24)/t16-/m0/s1. The lowest BCUT2D eigenvalue weighted by Crippen LogP contribution is -2.34. The number of amides is 2. The normalized spacial score (nSPS) is 17.2. The average Bonchev–Trinajstić information content (AvgIpc) is 3.03. The number of anilines is 1. The van der Waals surface area contributed by atoms with Gasteiger partial charge < -0.3 is 20.3 Å². The quantitative estimate of drug-likeness (QED) is 0.845. The smallest absolute Gasteiger partial charge is 0.319 e.